The fraction of sp³-hybridized carbons (Fsp3) is 0.357. The molecule has 2 rings (SSSR count). The lowest BCUT2D eigenvalue weighted by atomic mass is 10.1. The molecule has 0 radical (unpaired) electrons. The summed E-state index contributed by atoms with van der Waals surface area (Å²) in [6.45, 7) is 2.84. The molecular formula is C14H16BrN3O2. The van der Waals surface area contributed by atoms with Crippen LogP contribution in [0.3, 0.4) is 0 Å². The van der Waals surface area contributed by atoms with E-state index in [4.69, 9.17) is 4.74 Å². The standard InChI is InChI=1S/C14H16BrN3O2/c1-3-6-18-14(16-9-17-18)8-12(19)10-4-5-13(20-2)11(15)7-10/h4-5,7,9H,3,6,8H2,1-2H3. The Bertz CT molecular complexity index is 610. The Labute approximate surface area is 126 Å². The van der Waals surface area contributed by atoms with E-state index in [1.165, 1.54) is 6.33 Å². The minimum Gasteiger partial charge on any atom is -0.496 e. The molecule has 1 heterocycles. The van der Waals surface area contributed by atoms with E-state index in [0.717, 1.165) is 17.4 Å². The van der Waals surface area contributed by atoms with Crippen molar-refractivity contribution >= 4 is 21.7 Å². The van der Waals surface area contributed by atoms with E-state index in [2.05, 4.69) is 32.9 Å². The molecule has 0 aliphatic heterocycles. The molecule has 0 amide bonds. The zero-order valence-electron chi connectivity index (χ0n) is 11.5. The maximum Gasteiger partial charge on any atom is 0.170 e. The first-order valence-corrected chi connectivity index (χ1v) is 7.18. The third-order valence-electron chi connectivity index (χ3n) is 2.92. The smallest absolute Gasteiger partial charge is 0.170 e. The number of ether oxygens (including phenoxy) is 1. The summed E-state index contributed by atoms with van der Waals surface area (Å²) in [6, 6.07) is 5.29. The lowest BCUT2D eigenvalue weighted by Gasteiger charge is -2.06. The summed E-state index contributed by atoms with van der Waals surface area (Å²) in [5, 5.41) is 4.12. The SMILES string of the molecule is CCCn1ncnc1CC(=O)c1ccc(OC)c(Br)c1. The molecular weight excluding hydrogens is 322 g/mol. The number of nitrogens with zero attached hydrogens (tertiary/aromatic N) is 3. The molecule has 0 unspecified atom stereocenters. The lowest BCUT2D eigenvalue weighted by molar-refractivity contribution is 0.0989. The van der Waals surface area contributed by atoms with Crippen molar-refractivity contribution in [1.82, 2.24) is 14.8 Å². The first-order valence-electron chi connectivity index (χ1n) is 6.39. The van der Waals surface area contributed by atoms with Gasteiger partial charge in [-0.3, -0.25) is 4.79 Å². The van der Waals surface area contributed by atoms with Crippen LogP contribution in [0.2, 0.25) is 0 Å². The van der Waals surface area contributed by atoms with Crippen LogP contribution in [0, 0.1) is 0 Å². The van der Waals surface area contributed by atoms with Crippen LogP contribution in [-0.4, -0.2) is 27.7 Å². The van der Waals surface area contributed by atoms with E-state index in [1.807, 2.05) is 0 Å². The average Bonchev–Trinajstić information content (AvgIpc) is 2.86. The van der Waals surface area contributed by atoms with Crippen LogP contribution in [0.4, 0.5) is 0 Å². The molecule has 2 aromatic rings. The quantitative estimate of drug-likeness (QED) is 0.760. The third kappa shape index (κ3) is 3.25. The average molecular weight is 338 g/mol. The molecule has 0 aliphatic rings. The van der Waals surface area contributed by atoms with Crippen LogP contribution >= 0.6 is 15.9 Å². The molecule has 0 aliphatic carbocycles. The van der Waals surface area contributed by atoms with Gasteiger partial charge in [0.1, 0.15) is 17.9 Å². The molecule has 5 nitrogen and oxygen atoms in total. The van der Waals surface area contributed by atoms with E-state index in [1.54, 1.807) is 30.0 Å². The van der Waals surface area contributed by atoms with Crippen LogP contribution in [0.5, 0.6) is 5.75 Å². The van der Waals surface area contributed by atoms with Gasteiger partial charge in [0, 0.05) is 12.1 Å². The molecule has 0 fully saturated rings. The van der Waals surface area contributed by atoms with Gasteiger partial charge >= 0.3 is 0 Å². The molecule has 6 heteroatoms. The predicted octanol–water partition coefficient (Wildman–Crippen LogP) is 2.88. The summed E-state index contributed by atoms with van der Waals surface area (Å²) in [5.41, 5.74) is 0.628. The Kier molecular flexibility index (Phi) is 4.89. The van der Waals surface area contributed by atoms with E-state index < -0.39 is 0 Å². The number of aryl methyl sites for hydroxylation is 1. The summed E-state index contributed by atoms with van der Waals surface area (Å²) in [6.07, 6.45) is 2.69. The zero-order chi connectivity index (χ0) is 14.5. The van der Waals surface area contributed by atoms with Crippen LogP contribution in [-0.2, 0) is 13.0 Å². The van der Waals surface area contributed by atoms with E-state index in [0.29, 0.717) is 17.1 Å². The number of rotatable bonds is 6. The number of carbonyl (C=O) groups excluding carboxylic acids is 1. The first kappa shape index (κ1) is 14.7. The van der Waals surface area contributed by atoms with Crippen molar-refractivity contribution in [3.05, 3.63) is 40.4 Å². The molecule has 0 bridgehead atoms. The molecule has 106 valence electrons. The molecule has 1 aromatic heterocycles. The van der Waals surface area contributed by atoms with Gasteiger partial charge in [0.05, 0.1) is 18.0 Å². The van der Waals surface area contributed by atoms with E-state index in [9.17, 15) is 4.79 Å². The number of hydrogen-bond acceptors (Lipinski definition) is 4. The molecule has 1 aromatic carbocycles. The van der Waals surface area contributed by atoms with Crippen LogP contribution in [0.25, 0.3) is 0 Å². The molecule has 20 heavy (non-hydrogen) atoms. The van der Waals surface area contributed by atoms with Gasteiger partial charge < -0.3 is 4.74 Å². The zero-order valence-corrected chi connectivity index (χ0v) is 13.1. The van der Waals surface area contributed by atoms with Crippen molar-refractivity contribution in [2.24, 2.45) is 0 Å². The summed E-state index contributed by atoms with van der Waals surface area (Å²) in [5.74, 6) is 1.41. The van der Waals surface area contributed by atoms with E-state index >= 15 is 0 Å². The molecule has 0 N–H and O–H groups in total. The highest BCUT2D eigenvalue weighted by atomic mass is 79.9. The fourth-order valence-corrected chi connectivity index (χ4v) is 2.45. The topological polar surface area (TPSA) is 57.0 Å². The number of benzene rings is 1. The first-order chi connectivity index (χ1) is 9.65. The Hall–Kier alpha value is -1.69. The number of carbonyl (C=O) groups is 1. The molecule has 0 atom stereocenters. The van der Waals surface area contributed by atoms with Gasteiger partial charge in [-0.15, -0.1) is 0 Å². The van der Waals surface area contributed by atoms with Gasteiger partial charge in [-0.1, -0.05) is 6.92 Å². The highest BCUT2D eigenvalue weighted by molar-refractivity contribution is 9.10. The minimum absolute atomic E-state index is 0.0127. The van der Waals surface area contributed by atoms with Crippen molar-refractivity contribution in [3.8, 4) is 5.75 Å². The summed E-state index contributed by atoms with van der Waals surface area (Å²) in [4.78, 5) is 16.4. The van der Waals surface area contributed by atoms with Crippen LogP contribution in [0.15, 0.2) is 29.0 Å². The Morgan fingerprint density at radius 3 is 2.90 bits per heavy atom. The highest BCUT2D eigenvalue weighted by Gasteiger charge is 2.13. The predicted molar refractivity (Wildman–Crippen MR) is 79.0 cm³/mol. The van der Waals surface area contributed by atoms with Crippen LogP contribution < -0.4 is 4.74 Å². The number of hydrogen-bond donors (Lipinski definition) is 0. The van der Waals surface area contributed by atoms with Crippen molar-refractivity contribution in [1.29, 1.82) is 0 Å². The molecule has 0 spiro atoms. The molecule has 0 saturated carbocycles. The van der Waals surface area contributed by atoms with Gasteiger partial charge in [0.25, 0.3) is 0 Å². The second-order valence-electron chi connectivity index (χ2n) is 4.35. The second-order valence-corrected chi connectivity index (χ2v) is 5.20. The summed E-state index contributed by atoms with van der Waals surface area (Å²) >= 11 is 3.38. The monoisotopic (exact) mass is 337 g/mol. The van der Waals surface area contributed by atoms with Crippen molar-refractivity contribution < 1.29 is 9.53 Å². The van der Waals surface area contributed by atoms with Gasteiger partial charge in [0.15, 0.2) is 5.78 Å². The van der Waals surface area contributed by atoms with Gasteiger partial charge in [-0.2, -0.15) is 5.10 Å². The number of halogens is 1. The van der Waals surface area contributed by atoms with E-state index in [-0.39, 0.29) is 12.2 Å². The van der Waals surface area contributed by atoms with Crippen LogP contribution in [0.1, 0.15) is 29.5 Å². The highest BCUT2D eigenvalue weighted by Crippen LogP contribution is 2.26. The largest absolute Gasteiger partial charge is 0.496 e. The summed E-state index contributed by atoms with van der Waals surface area (Å²) < 4.78 is 7.69. The molecule has 0 saturated heterocycles. The van der Waals surface area contributed by atoms with Crippen molar-refractivity contribution in [2.75, 3.05) is 7.11 Å². The number of aromatic nitrogens is 3. The lowest BCUT2D eigenvalue weighted by Crippen LogP contribution is -2.11. The van der Waals surface area contributed by atoms with Gasteiger partial charge in [-0.05, 0) is 40.5 Å². The minimum atomic E-state index is 0.0127. The maximum absolute atomic E-state index is 12.3. The number of Topliss-reactive ketones (excluding diaryl/α,β-unsaturated/α-hetero) is 1. The Morgan fingerprint density at radius 2 is 2.25 bits per heavy atom. The second kappa shape index (κ2) is 6.65. The van der Waals surface area contributed by atoms with Crippen molar-refractivity contribution in [3.63, 3.8) is 0 Å². The Balaban J connectivity index is 2.15. The third-order valence-corrected chi connectivity index (χ3v) is 3.54. The normalized spacial score (nSPS) is 10.6. The number of ketones is 1. The van der Waals surface area contributed by atoms with Gasteiger partial charge in [-0.25, -0.2) is 9.67 Å². The summed E-state index contributed by atoms with van der Waals surface area (Å²) in [7, 11) is 1.59. The maximum atomic E-state index is 12.3. The van der Waals surface area contributed by atoms with Crippen molar-refractivity contribution in [2.45, 2.75) is 26.3 Å². The fourth-order valence-electron chi connectivity index (χ4n) is 1.91. The van der Waals surface area contributed by atoms with Gasteiger partial charge in [0.2, 0.25) is 0 Å². The number of methoxy groups -OCH3 is 1. The Morgan fingerprint density at radius 1 is 1.45 bits per heavy atom.